The van der Waals surface area contributed by atoms with Crippen molar-refractivity contribution in [1.29, 1.82) is 0 Å². The van der Waals surface area contributed by atoms with Gasteiger partial charge >= 0.3 is 11.8 Å². The summed E-state index contributed by atoms with van der Waals surface area (Å²) in [5.41, 5.74) is 2.55. The summed E-state index contributed by atoms with van der Waals surface area (Å²) in [4.78, 5) is 26.5. The van der Waals surface area contributed by atoms with Gasteiger partial charge < -0.3 is 20.3 Å². The fourth-order valence-electron chi connectivity index (χ4n) is 2.89. The Morgan fingerprint density at radius 1 is 1.00 bits per heavy atom. The molecule has 7 heteroatoms. The molecule has 0 unspecified atom stereocenters. The first-order valence-corrected chi connectivity index (χ1v) is 9.26. The molecule has 0 radical (unpaired) electrons. The average Bonchev–Trinajstić information content (AvgIpc) is 2.70. The molecule has 27 heavy (non-hydrogen) atoms. The van der Waals surface area contributed by atoms with Crippen molar-refractivity contribution in [1.82, 2.24) is 5.32 Å². The van der Waals surface area contributed by atoms with E-state index in [-0.39, 0.29) is 0 Å². The average molecular weight is 388 g/mol. The number of rotatable bonds is 5. The van der Waals surface area contributed by atoms with E-state index >= 15 is 0 Å². The van der Waals surface area contributed by atoms with E-state index in [1.165, 1.54) is 0 Å². The van der Waals surface area contributed by atoms with E-state index in [4.69, 9.17) is 16.3 Å². The molecular formula is C20H22ClN3O3. The summed E-state index contributed by atoms with van der Waals surface area (Å²) in [5.74, 6) is -1.33. The van der Waals surface area contributed by atoms with Crippen molar-refractivity contribution in [3.05, 3.63) is 59.1 Å². The normalized spacial score (nSPS) is 13.9. The van der Waals surface area contributed by atoms with E-state index in [1.807, 2.05) is 30.3 Å². The van der Waals surface area contributed by atoms with Crippen LogP contribution in [0, 0.1) is 0 Å². The second-order valence-electron chi connectivity index (χ2n) is 6.20. The lowest BCUT2D eigenvalue weighted by molar-refractivity contribution is -0.136. The van der Waals surface area contributed by atoms with Crippen LogP contribution in [-0.2, 0) is 20.7 Å². The van der Waals surface area contributed by atoms with Crippen molar-refractivity contribution in [2.45, 2.75) is 6.42 Å². The highest BCUT2D eigenvalue weighted by molar-refractivity contribution is 6.40. The molecule has 0 aromatic heterocycles. The molecule has 0 saturated carbocycles. The van der Waals surface area contributed by atoms with E-state index in [0.29, 0.717) is 36.9 Å². The number of carbonyl (C=O) groups is 2. The topological polar surface area (TPSA) is 70.7 Å². The van der Waals surface area contributed by atoms with Crippen molar-refractivity contribution in [2.75, 3.05) is 43.1 Å². The number of amides is 2. The minimum atomic E-state index is -0.674. The van der Waals surface area contributed by atoms with Crippen LogP contribution in [0.15, 0.2) is 48.5 Å². The zero-order valence-electron chi connectivity index (χ0n) is 14.9. The molecule has 3 rings (SSSR count). The van der Waals surface area contributed by atoms with E-state index in [9.17, 15) is 9.59 Å². The van der Waals surface area contributed by atoms with Gasteiger partial charge in [-0.2, -0.15) is 0 Å². The Morgan fingerprint density at radius 2 is 1.70 bits per heavy atom. The second kappa shape index (κ2) is 9.39. The van der Waals surface area contributed by atoms with Gasteiger partial charge in [0.1, 0.15) is 0 Å². The molecule has 0 atom stereocenters. The quantitative estimate of drug-likeness (QED) is 0.773. The summed E-state index contributed by atoms with van der Waals surface area (Å²) in [6, 6.07) is 14.9. The Labute approximate surface area is 163 Å². The zero-order chi connectivity index (χ0) is 19.1. The van der Waals surface area contributed by atoms with Gasteiger partial charge in [-0.25, -0.2) is 0 Å². The van der Waals surface area contributed by atoms with Crippen molar-refractivity contribution >= 4 is 34.8 Å². The van der Waals surface area contributed by atoms with Gasteiger partial charge in [0.15, 0.2) is 0 Å². The summed E-state index contributed by atoms with van der Waals surface area (Å²) < 4.78 is 5.37. The fraction of sp³-hybridized carbons (Fsp3) is 0.300. The molecule has 1 heterocycles. The highest BCUT2D eigenvalue weighted by Gasteiger charge is 2.18. The maximum absolute atomic E-state index is 12.3. The van der Waals surface area contributed by atoms with E-state index < -0.39 is 11.8 Å². The lowest BCUT2D eigenvalue weighted by Crippen LogP contribution is -2.38. The molecule has 6 nitrogen and oxygen atoms in total. The molecule has 0 aliphatic carbocycles. The molecule has 0 spiro atoms. The van der Waals surface area contributed by atoms with Gasteiger partial charge in [0.25, 0.3) is 0 Å². The Kier molecular flexibility index (Phi) is 6.68. The van der Waals surface area contributed by atoms with Crippen LogP contribution in [0.3, 0.4) is 0 Å². The number of hydrogen-bond acceptors (Lipinski definition) is 4. The number of carbonyl (C=O) groups excluding carboxylic acids is 2. The summed E-state index contributed by atoms with van der Waals surface area (Å²) in [6.07, 6.45) is 0.626. The minimum Gasteiger partial charge on any atom is -0.378 e. The molecule has 2 amide bonds. The molecule has 1 aliphatic rings. The van der Waals surface area contributed by atoms with Crippen molar-refractivity contribution < 1.29 is 14.3 Å². The van der Waals surface area contributed by atoms with Crippen LogP contribution in [0.1, 0.15) is 5.56 Å². The highest BCUT2D eigenvalue weighted by atomic mass is 35.5. The summed E-state index contributed by atoms with van der Waals surface area (Å²) in [7, 11) is 0. The third kappa shape index (κ3) is 5.45. The molecule has 142 valence electrons. The van der Waals surface area contributed by atoms with Gasteiger partial charge in [0.05, 0.1) is 24.6 Å². The lowest BCUT2D eigenvalue weighted by atomic mass is 10.1. The number of nitrogens with zero attached hydrogens (tertiary/aromatic N) is 1. The van der Waals surface area contributed by atoms with Crippen LogP contribution < -0.4 is 15.5 Å². The number of hydrogen-bond donors (Lipinski definition) is 2. The monoisotopic (exact) mass is 387 g/mol. The van der Waals surface area contributed by atoms with Crippen molar-refractivity contribution in [3.63, 3.8) is 0 Å². The first kappa shape index (κ1) is 19.2. The zero-order valence-corrected chi connectivity index (χ0v) is 15.7. The summed E-state index contributed by atoms with van der Waals surface area (Å²) >= 11 is 5.85. The van der Waals surface area contributed by atoms with Gasteiger partial charge in [-0.3, -0.25) is 9.59 Å². The van der Waals surface area contributed by atoms with Gasteiger partial charge in [-0.1, -0.05) is 35.9 Å². The third-order valence-electron chi connectivity index (χ3n) is 4.32. The van der Waals surface area contributed by atoms with Gasteiger partial charge in [-0.05, 0) is 36.2 Å². The van der Waals surface area contributed by atoms with Crippen LogP contribution in [0.4, 0.5) is 11.4 Å². The molecule has 2 aromatic carbocycles. The number of halogens is 1. The van der Waals surface area contributed by atoms with Crippen LogP contribution in [0.5, 0.6) is 0 Å². The second-order valence-corrected chi connectivity index (χ2v) is 6.64. The fourth-order valence-corrected chi connectivity index (χ4v) is 3.02. The largest absolute Gasteiger partial charge is 0.378 e. The molecule has 1 fully saturated rings. The SMILES string of the molecule is O=C(NCCc1ccc(Cl)cc1)C(=O)Nc1ccccc1N1CCOCC1. The number of anilines is 2. The van der Waals surface area contributed by atoms with Crippen molar-refractivity contribution in [3.8, 4) is 0 Å². The molecule has 1 aliphatic heterocycles. The van der Waals surface area contributed by atoms with Crippen molar-refractivity contribution in [2.24, 2.45) is 0 Å². The molecular weight excluding hydrogens is 366 g/mol. The Hall–Kier alpha value is -2.57. The Balaban J connectivity index is 1.53. The molecule has 1 saturated heterocycles. The van der Waals surface area contributed by atoms with Gasteiger partial charge in [0, 0.05) is 24.7 Å². The first-order valence-electron chi connectivity index (χ1n) is 8.89. The summed E-state index contributed by atoms with van der Waals surface area (Å²) in [6.45, 7) is 3.17. The van der Waals surface area contributed by atoms with Gasteiger partial charge in [0.2, 0.25) is 0 Å². The number of morpholine rings is 1. The predicted octanol–water partition coefficient (Wildman–Crippen LogP) is 2.47. The smallest absolute Gasteiger partial charge is 0.313 e. The van der Waals surface area contributed by atoms with Crippen LogP contribution >= 0.6 is 11.6 Å². The Morgan fingerprint density at radius 3 is 2.44 bits per heavy atom. The maximum atomic E-state index is 12.3. The van der Waals surface area contributed by atoms with Crippen LogP contribution in [0.2, 0.25) is 5.02 Å². The summed E-state index contributed by atoms with van der Waals surface area (Å²) in [5, 5.41) is 6.03. The predicted molar refractivity (Wildman–Crippen MR) is 106 cm³/mol. The van der Waals surface area contributed by atoms with E-state index in [0.717, 1.165) is 24.3 Å². The van der Waals surface area contributed by atoms with Crippen LogP contribution in [0.25, 0.3) is 0 Å². The molecule has 2 N–H and O–H groups in total. The molecule has 2 aromatic rings. The molecule has 0 bridgehead atoms. The lowest BCUT2D eigenvalue weighted by Gasteiger charge is -2.30. The number of para-hydroxylation sites is 2. The Bertz CT molecular complexity index is 789. The first-order chi connectivity index (χ1) is 13.1. The van der Waals surface area contributed by atoms with E-state index in [2.05, 4.69) is 15.5 Å². The number of nitrogens with one attached hydrogen (secondary N) is 2. The maximum Gasteiger partial charge on any atom is 0.313 e. The van der Waals surface area contributed by atoms with Gasteiger partial charge in [-0.15, -0.1) is 0 Å². The van der Waals surface area contributed by atoms with E-state index in [1.54, 1.807) is 18.2 Å². The number of benzene rings is 2. The highest BCUT2D eigenvalue weighted by Crippen LogP contribution is 2.26. The standard InChI is InChI=1S/C20H22ClN3O3/c21-16-7-5-15(6-8-16)9-10-22-19(25)20(26)23-17-3-1-2-4-18(17)24-11-13-27-14-12-24/h1-8H,9-14H2,(H,22,25)(H,23,26). The third-order valence-corrected chi connectivity index (χ3v) is 4.57. The minimum absolute atomic E-state index is 0.374. The number of ether oxygens (including phenoxy) is 1. The van der Waals surface area contributed by atoms with Crippen LogP contribution in [-0.4, -0.2) is 44.7 Å².